The van der Waals surface area contributed by atoms with Gasteiger partial charge in [0, 0.05) is 29.4 Å². The summed E-state index contributed by atoms with van der Waals surface area (Å²) in [7, 11) is 0. The van der Waals surface area contributed by atoms with Crippen molar-refractivity contribution in [3.63, 3.8) is 0 Å². The minimum absolute atomic E-state index is 0.403. The van der Waals surface area contributed by atoms with Gasteiger partial charge in [-0.2, -0.15) is 0 Å². The molecule has 2 N–H and O–H groups in total. The lowest BCUT2D eigenvalue weighted by atomic mass is 10.2. The molecule has 2 aromatic carbocycles. The van der Waals surface area contributed by atoms with Crippen molar-refractivity contribution in [3.8, 4) is 0 Å². The summed E-state index contributed by atoms with van der Waals surface area (Å²) >= 11 is 5.87. The topological polar surface area (TPSA) is 49.8 Å². The zero-order valence-electron chi connectivity index (χ0n) is 13.4. The SMILES string of the molecule is Cc1nc(NCc2ccc(Cl)cc2)cc(Nc2ccc(F)c(F)c2)n1. The summed E-state index contributed by atoms with van der Waals surface area (Å²) < 4.78 is 26.3. The number of hydrogen-bond donors (Lipinski definition) is 2. The van der Waals surface area contributed by atoms with E-state index in [2.05, 4.69) is 20.6 Å². The minimum Gasteiger partial charge on any atom is -0.366 e. The summed E-state index contributed by atoms with van der Waals surface area (Å²) in [6.45, 7) is 2.32. The molecule has 1 heterocycles. The molecule has 0 spiro atoms. The van der Waals surface area contributed by atoms with Crippen LogP contribution in [0.2, 0.25) is 5.02 Å². The van der Waals surface area contributed by atoms with Crippen LogP contribution in [0.15, 0.2) is 48.5 Å². The van der Waals surface area contributed by atoms with Crippen molar-refractivity contribution in [2.45, 2.75) is 13.5 Å². The molecule has 0 fully saturated rings. The average Bonchev–Trinajstić information content (AvgIpc) is 2.57. The highest BCUT2D eigenvalue weighted by Gasteiger charge is 2.06. The Kier molecular flexibility index (Phi) is 5.09. The van der Waals surface area contributed by atoms with Crippen molar-refractivity contribution in [1.29, 1.82) is 0 Å². The van der Waals surface area contributed by atoms with Crippen LogP contribution in [0.25, 0.3) is 0 Å². The number of nitrogens with one attached hydrogen (secondary N) is 2. The van der Waals surface area contributed by atoms with Crippen molar-refractivity contribution in [3.05, 3.63) is 76.6 Å². The molecule has 3 rings (SSSR count). The zero-order valence-corrected chi connectivity index (χ0v) is 14.1. The van der Waals surface area contributed by atoms with Gasteiger partial charge in [-0.15, -0.1) is 0 Å². The third-order valence-electron chi connectivity index (χ3n) is 3.42. The van der Waals surface area contributed by atoms with Crippen molar-refractivity contribution in [2.24, 2.45) is 0 Å². The molecule has 0 bridgehead atoms. The summed E-state index contributed by atoms with van der Waals surface area (Å²) in [6, 6.07) is 12.8. The number of halogens is 3. The van der Waals surface area contributed by atoms with E-state index in [1.54, 1.807) is 13.0 Å². The predicted octanol–water partition coefficient (Wildman–Crippen LogP) is 5.07. The highest BCUT2D eigenvalue weighted by molar-refractivity contribution is 6.30. The Balaban J connectivity index is 1.73. The molecule has 128 valence electrons. The highest BCUT2D eigenvalue weighted by atomic mass is 35.5. The van der Waals surface area contributed by atoms with Crippen LogP contribution in [0.1, 0.15) is 11.4 Å². The Labute approximate surface area is 148 Å². The molecule has 0 saturated heterocycles. The maximum absolute atomic E-state index is 13.3. The Bertz CT molecular complexity index is 885. The standard InChI is InChI=1S/C18H15ClF2N4/c1-11-23-17(22-10-12-2-4-13(19)5-3-12)9-18(24-11)25-14-6-7-15(20)16(21)8-14/h2-9H,10H2,1H3,(H2,22,23,24,25). The molecule has 0 amide bonds. The first-order valence-corrected chi connectivity index (χ1v) is 7.93. The third kappa shape index (κ3) is 4.64. The van der Waals surface area contributed by atoms with Crippen LogP contribution in [0.4, 0.5) is 26.1 Å². The number of benzene rings is 2. The van der Waals surface area contributed by atoms with Crippen LogP contribution in [0, 0.1) is 18.6 Å². The lowest BCUT2D eigenvalue weighted by molar-refractivity contribution is 0.509. The zero-order chi connectivity index (χ0) is 17.8. The number of aromatic nitrogens is 2. The number of rotatable bonds is 5. The van der Waals surface area contributed by atoms with Gasteiger partial charge in [0.1, 0.15) is 17.5 Å². The van der Waals surface area contributed by atoms with E-state index in [-0.39, 0.29) is 0 Å². The fourth-order valence-corrected chi connectivity index (χ4v) is 2.36. The van der Waals surface area contributed by atoms with Gasteiger partial charge in [0.25, 0.3) is 0 Å². The summed E-state index contributed by atoms with van der Waals surface area (Å²) in [6.07, 6.45) is 0. The second-order valence-corrected chi connectivity index (χ2v) is 5.86. The van der Waals surface area contributed by atoms with E-state index in [1.165, 1.54) is 6.07 Å². The van der Waals surface area contributed by atoms with Crippen LogP contribution in [-0.4, -0.2) is 9.97 Å². The monoisotopic (exact) mass is 360 g/mol. The second-order valence-electron chi connectivity index (χ2n) is 5.42. The predicted molar refractivity (Wildman–Crippen MR) is 95.2 cm³/mol. The first-order chi connectivity index (χ1) is 12.0. The van der Waals surface area contributed by atoms with Gasteiger partial charge >= 0.3 is 0 Å². The lowest BCUT2D eigenvalue weighted by Crippen LogP contribution is -2.05. The summed E-state index contributed by atoms with van der Waals surface area (Å²) in [4.78, 5) is 8.57. The molecular weight excluding hydrogens is 346 g/mol. The van der Waals surface area contributed by atoms with Crippen molar-refractivity contribution in [1.82, 2.24) is 9.97 Å². The fourth-order valence-electron chi connectivity index (χ4n) is 2.24. The van der Waals surface area contributed by atoms with Crippen molar-refractivity contribution >= 4 is 28.9 Å². The number of hydrogen-bond acceptors (Lipinski definition) is 4. The number of aryl methyl sites for hydroxylation is 1. The van der Waals surface area contributed by atoms with E-state index in [9.17, 15) is 8.78 Å². The molecule has 0 atom stereocenters. The normalized spacial score (nSPS) is 10.6. The number of nitrogens with zero attached hydrogens (tertiary/aromatic N) is 2. The van der Waals surface area contributed by atoms with E-state index in [0.29, 0.717) is 34.7 Å². The van der Waals surface area contributed by atoms with Crippen molar-refractivity contribution in [2.75, 3.05) is 10.6 Å². The van der Waals surface area contributed by atoms with Gasteiger partial charge in [-0.25, -0.2) is 18.7 Å². The molecule has 1 aromatic heterocycles. The molecule has 0 radical (unpaired) electrons. The van der Waals surface area contributed by atoms with Crippen LogP contribution >= 0.6 is 11.6 Å². The van der Waals surface area contributed by atoms with Gasteiger partial charge in [0.15, 0.2) is 11.6 Å². The summed E-state index contributed by atoms with van der Waals surface area (Å²) in [5.74, 6) is -0.164. The maximum atomic E-state index is 13.3. The third-order valence-corrected chi connectivity index (χ3v) is 3.67. The Morgan fingerprint density at radius 1 is 0.920 bits per heavy atom. The maximum Gasteiger partial charge on any atom is 0.160 e. The Morgan fingerprint density at radius 2 is 1.64 bits per heavy atom. The van der Waals surface area contributed by atoms with Crippen molar-refractivity contribution < 1.29 is 8.78 Å². The van der Waals surface area contributed by atoms with E-state index < -0.39 is 11.6 Å². The van der Waals surface area contributed by atoms with Crippen LogP contribution in [-0.2, 0) is 6.54 Å². The number of anilines is 3. The largest absolute Gasteiger partial charge is 0.366 e. The van der Waals surface area contributed by atoms with Crippen LogP contribution in [0.3, 0.4) is 0 Å². The van der Waals surface area contributed by atoms with Crippen LogP contribution < -0.4 is 10.6 Å². The molecule has 0 aliphatic carbocycles. The first kappa shape index (κ1) is 17.1. The Morgan fingerprint density at radius 3 is 2.36 bits per heavy atom. The van der Waals surface area contributed by atoms with Gasteiger partial charge in [-0.05, 0) is 36.8 Å². The first-order valence-electron chi connectivity index (χ1n) is 7.56. The molecule has 0 aliphatic rings. The molecule has 25 heavy (non-hydrogen) atoms. The molecule has 3 aromatic rings. The molecule has 7 heteroatoms. The summed E-state index contributed by atoms with van der Waals surface area (Å²) in [5, 5.41) is 6.82. The van der Waals surface area contributed by atoms with Gasteiger partial charge in [-0.3, -0.25) is 0 Å². The van der Waals surface area contributed by atoms with Crippen LogP contribution in [0.5, 0.6) is 0 Å². The molecule has 4 nitrogen and oxygen atoms in total. The summed E-state index contributed by atoms with van der Waals surface area (Å²) in [5.41, 5.74) is 1.46. The van der Waals surface area contributed by atoms with Gasteiger partial charge < -0.3 is 10.6 Å². The van der Waals surface area contributed by atoms with E-state index in [1.807, 2.05) is 24.3 Å². The molecular formula is C18H15ClF2N4. The fraction of sp³-hybridized carbons (Fsp3) is 0.111. The lowest BCUT2D eigenvalue weighted by Gasteiger charge is -2.10. The smallest absolute Gasteiger partial charge is 0.160 e. The second kappa shape index (κ2) is 7.44. The Hall–Kier alpha value is -2.73. The highest BCUT2D eigenvalue weighted by Crippen LogP contribution is 2.20. The molecule has 0 aliphatic heterocycles. The van der Waals surface area contributed by atoms with Gasteiger partial charge in [0.05, 0.1) is 0 Å². The van der Waals surface area contributed by atoms with Gasteiger partial charge in [0.2, 0.25) is 0 Å². The molecule has 0 saturated carbocycles. The van der Waals surface area contributed by atoms with E-state index >= 15 is 0 Å². The quantitative estimate of drug-likeness (QED) is 0.666. The molecule has 0 unspecified atom stereocenters. The van der Waals surface area contributed by atoms with E-state index in [4.69, 9.17) is 11.6 Å². The van der Waals surface area contributed by atoms with Gasteiger partial charge in [-0.1, -0.05) is 23.7 Å². The average molecular weight is 361 g/mol. The van der Waals surface area contributed by atoms with E-state index in [0.717, 1.165) is 17.7 Å². The minimum atomic E-state index is -0.920.